The van der Waals surface area contributed by atoms with Crippen LogP contribution in [0.4, 0.5) is 0 Å². The molecule has 0 heterocycles. The van der Waals surface area contributed by atoms with Crippen LogP contribution in [0.3, 0.4) is 0 Å². The van der Waals surface area contributed by atoms with Crippen LogP contribution in [-0.4, -0.2) is 29.6 Å². The number of carbonyl (C=O) groups excluding carboxylic acids is 1. The lowest BCUT2D eigenvalue weighted by Gasteiger charge is -2.12. The summed E-state index contributed by atoms with van der Waals surface area (Å²) in [5.74, 6) is -0.237. The van der Waals surface area contributed by atoms with Crippen molar-refractivity contribution >= 4 is 27.8 Å². The number of halogens is 1. The molecule has 1 amide bonds. The standard InChI is InChI=1S/C17H22BrNO4/c18-13-5-8-15(9-6-13)23-10-2-1-3-16(20)19-14-7-4-12(11-14)17(21)22/h5-6,8-9,12,14H,1-4,7,10-11H2,(H,19,20)(H,21,22)/t12-,14+/m1/s1. The van der Waals surface area contributed by atoms with E-state index in [2.05, 4.69) is 21.2 Å². The predicted molar refractivity (Wildman–Crippen MR) is 90.4 cm³/mol. The molecule has 0 spiro atoms. The maximum Gasteiger partial charge on any atom is 0.306 e. The molecule has 1 aliphatic rings. The molecule has 2 rings (SSSR count). The van der Waals surface area contributed by atoms with Crippen molar-refractivity contribution in [3.63, 3.8) is 0 Å². The van der Waals surface area contributed by atoms with E-state index in [0.29, 0.717) is 25.9 Å². The highest BCUT2D eigenvalue weighted by Gasteiger charge is 2.30. The van der Waals surface area contributed by atoms with Gasteiger partial charge in [0.1, 0.15) is 5.75 Å². The number of ether oxygens (including phenoxy) is 1. The van der Waals surface area contributed by atoms with E-state index in [1.165, 1.54) is 0 Å². The van der Waals surface area contributed by atoms with Gasteiger partial charge in [-0.05, 0) is 56.4 Å². The number of carbonyl (C=O) groups is 2. The number of carboxylic acid groups (broad SMARTS) is 1. The molecule has 6 heteroatoms. The molecule has 1 aromatic rings. The van der Waals surface area contributed by atoms with Crippen LogP contribution in [0.15, 0.2) is 28.7 Å². The van der Waals surface area contributed by atoms with Crippen molar-refractivity contribution in [1.82, 2.24) is 5.32 Å². The van der Waals surface area contributed by atoms with Crippen molar-refractivity contribution in [3.05, 3.63) is 28.7 Å². The zero-order valence-corrected chi connectivity index (χ0v) is 14.5. The molecule has 2 N–H and O–H groups in total. The summed E-state index contributed by atoms with van der Waals surface area (Å²) in [5, 5.41) is 11.9. The Morgan fingerprint density at radius 2 is 1.96 bits per heavy atom. The summed E-state index contributed by atoms with van der Waals surface area (Å²) in [6.07, 6.45) is 3.99. The van der Waals surface area contributed by atoms with E-state index in [-0.39, 0.29) is 17.9 Å². The Morgan fingerprint density at radius 3 is 2.61 bits per heavy atom. The van der Waals surface area contributed by atoms with Gasteiger partial charge < -0.3 is 15.2 Å². The van der Waals surface area contributed by atoms with Gasteiger partial charge in [-0.15, -0.1) is 0 Å². The monoisotopic (exact) mass is 383 g/mol. The van der Waals surface area contributed by atoms with Gasteiger partial charge in [0.05, 0.1) is 12.5 Å². The van der Waals surface area contributed by atoms with Crippen molar-refractivity contribution < 1.29 is 19.4 Å². The molecular formula is C17H22BrNO4. The third-order valence-corrected chi connectivity index (χ3v) is 4.56. The Balaban J connectivity index is 1.55. The molecule has 0 aliphatic heterocycles. The van der Waals surface area contributed by atoms with Gasteiger partial charge in [0.15, 0.2) is 0 Å². The summed E-state index contributed by atoms with van der Waals surface area (Å²) in [6.45, 7) is 0.583. The fourth-order valence-electron chi connectivity index (χ4n) is 2.75. The Bertz CT molecular complexity index is 532. The van der Waals surface area contributed by atoms with Crippen LogP contribution < -0.4 is 10.1 Å². The average molecular weight is 384 g/mol. The highest BCUT2D eigenvalue weighted by Crippen LogP contribution is 2.25. The van der Waals surface area contributed by atoms with E-state index in [1.54, 1.807) is 0 Å². The minimum atomic E-state index is -0.758. The Labute approximate surface area is 144 Å². The van der Waals surface area contributed by atoms with Crippen molar-refractivity contribution in [2.75, 3.05) is 6.61 Å². The topological polar surface area (TPSA) is 75.6 Å². The predicted octanol–water partition coefficient (Wildman–Crippen LogP) is 3.37. The minimum Gasteiger partial charge on any atom is -0.494 e. The number of unbranched alkanes of at least 4 members (excludes halogenated alkanes) is 1. The van der Waals surface area contributed by atoms with Crippen LogP contribution in [0.5, 0.6) is 5.75 Å². The van der Waals surface area contributed by atoms with Gasteiger partial charge in [-0.1, -0.05) is 15.9 Å². The van der Waals surface area contributed by atoms with Crippen molar-refractivity contribution in [2.45, 2.75) is 44.6 Å². The van der Waals surface area contributed by atoms with Crippen LogP contribution in [0, 0.1) is 5.92 Å². The highest BCUT2D eigenvalue weighted by molar-refractivity contribution is 9.10. The van der Waals surface area contributed by atoms with Crippen LogP contribution >= 0.6 is 15.9 Å². The first kappa shape index (κ1) is 17.8. The summed E-state index contributed by atoms with van der Waals surface area (Å²) < 4.78 is 6.61. The van der Waals surface area contributed by atoms with Gasteiger partial charge in [-0.25, -0.2) is 0 Å². The third-order valence-electron chi connectivity index (χ3n) is 4.03. The number of carboxylic acids is 1. The molecule has 0 bridgehead atoms. The SMILES string of the molecule is O=C(CCCCOc1ccc(Br)cc1)N[C@H]1CC[C@@H](C(=O)O)C1. The van der Waals surface area contributed by atoms with E-state index in [1.807, 2.05) is 24.3 Å². The van der Waals surface area contributed by atoms with E-state index in [9.17, 15) is 9.59 Å². The van der Waals surface area contributed by atoms with Gasteiger partial charge in [-0.2, -0.15) is 0 Å². The first-order chi connectivity index (χ1) is 11.0. The second-order valence-electron chi connectivity index (χ2n) is 5.87. The molecule has 23 heavy (non-hydrogen) atoms. The van der Waals surface area contributed by atoms with Gasteiger partial charge in [0, 0.05) is 16.9 Å². The molecule has 0 saturated heterocycles. The highest BCUT2D eigenvalue weighted by atomic mass is 79.9. The molecule has 0 radical (unpaired) electrons. The summed E-state index contributed by atoms with van der Waals surface area (Å²) >= 11 is 3.37. The molecule has 1 aliphatic carbocycles. The van der Waals surface area contributed by atoms with Crippen molar-refractivity contribution in [2.24, 2.45) is 5.92 Å². The number of hydrogen-bond acceptors (Lipinski definition) is 3. The lowest BCUT2D eigenvalue weighted by atomic mass is 10.1. The zero-order chi connectivity index (χ0) is 16.7. The summed E-state index contributed by atoms with van der Waals surface area (Å²) in [7, 11) is 0. The van der Waals surface area contributed by atoms with Gasteiger partial charge in [0.2, 0.25) is 5.91 Å². The van der Waals surface area contributed by atoms with E-state index in [4.69, 9.17) is 9.84 Å². The molecule has 1 aromatic carbocycles. The molecule has 1 saturated carbocycles. The second-order valence-corrected chi connectivity index (χ2v) is 6.79. The number of benzene rings is 1. The first-order valence-electron chi connectivity index (χ1n) is 7.95. The van der Waals surface area contributed by atoms with E-state index < -0.39 is 5.97 Å². The van der Waals surface area contributed by atoms with Crippen LogP contribution in [-0.2, 0) is 9.59 Å². The fraction of sp³-hybridized carbons (Fsp3) is 0.529. The fourth-order valence-corrected chi connectivity index (χ4v) is 3.01. The van der Waals surface area contributed by atoms with Gasteiger partial charge in [0.25, 0.3) is 0 Å². The second kappa shape index (κ2) is 8.91. The molecule has 2 atom stereocenters. The van der Waals surface area contributed by atoms with E-state index in [0.717, 1.165) is 29.5 Å². The quantitative estimate of drug-likeness (QED) is 0.674. The van der Waals surface area contributed by atoms with Crippen molar-refractivity contribution in [3.8, 4) is 5.75 Å². The largest absolute Gasteiger partial charge is 0.494 e. The van der Waals surface area contributed by atoms with Gasteiger partial charge >= 0.3 is 5.97 Å². The van der Waals surface area contributed by atoms with Gasteiger partial charge in [-0.3, -0.25) is 9.59 Å². The van der Waals surface area contributed by atoms with Crippen LogP contribution in [0.25, 0.3) is 0 Å². The smallest absolute Gasteiger partial charge is 0.306 e. The molecule has 5 nitrogen and oxygen atoms in total. The Hall–Kier alpha value is -1.56. The lowest BCUT2D eigenvalue weighted by molar-refractivity contribution is -0.141. The van der Waals surface area contributed by atoms with Crippen molar-refractivity contribution in [1.29, 1.82) is 0 Å². The maximum atomic E-state index is 11.8. The Kier molecular flexibility index (Phi) is 6.89. The minimum absolute atomic E-state index is 0.00433. The number of amides is 1. The normalized spacial score (nSPS) is 20.2. The number of nitrogens with one attached hydrogen (secondary N) is 1. The number of aliphatic carboxylic acids is 1. The maximum absolute atomic E-state index is 11.8. The Morgan fingerprint density at radius 1 is 1.22 bits per heavy atom. The van der Waals surface area contributed by atoms with Crippen LogP contribution in [0.1, 0.15) is 38.5 Å². The lowest BCUT2D eigenvalue weighted by Crippen LogP contribution is -2.33. The number of hydrogen-bond donors (Lipinski definition) is 2. The molecule has 1 fully saturated rings. The summed E-state index contributed by atoms with van der Waals surface area (Å²) in [5.41, 5.74) is 0. The summed E-state index contributed by atoms with van der Waals surface area (Å²) in [4.78, 5) is 22.7. The van der Waals surface area contributed by atoms with Crippen LogP contribution in [0.2, 0.25) is 0 Å². The molecule has 0 unspecified atom stereocenters. The molecule has 126 valence electrons. The third kappa shape index (κ3) is 6.22. The molecular weight excluding hydrogens is 362 g/mol. The average Bonchev–Trinajstić information content (AvgIpc) is 2.97. The molecule has 0 aromatic heterocycles. The summed E-state index contributed by atoms with van der Waals surface area (Å²) in [6, 6.07) is 7.66. The number of rotatable bonds is 8. The van der Waals surface area contributed by atoms with E-state index >= 15 is 0 Å². The zero-order valence-electron chi connectivity index (χ0n) is 13.0. The first-order valence-corrected chi connectivity index (χ1v) is 8.74.